The van der Waals surface area contributed by atoms with E-state index in [4.69, 9.17) is 0 Å². The van der Waals surface area contributed by atoms with Crippen molar-refractivity contribution in [3.05, 3.63) is 0 Å². The zero-order valence-corrected chi connectivity index (χ0v) is 8.58. The molecule has 0 bridgehead atoms. The fraction of sp³-hybridized carbons (Fsp3) is 1.00. The second-order valence-corrected chi connectivity index (χ2v) is 4.78. The van der Waals surface area contributed by atoms with E-state index < -0.39 is 0 Å². The van der Waals surface area contributed by atoms with Crippen LogP contribution in [0.2, 0.25) is 0 Å². The molecule has 1 aliphatic carbocycles. The highest BCUT2D eigenvalue weighted by molar-refractivity contribution is 4.87. The molecular formula is C11H21NO. The van der Waals surface area contributed by atoms with Crippen molar-refractivity contribution in [1.82, 2.24) is 4.90 Å². The number of hydrogen-bond acceptors (Lipinski definition) is 2. The Balaban J connectivity index is 1.58. The highest BCUT2D eigenvalue weighted by Crippen LogP contribution is 2.33. The van der Waals surface area contributed by atoms with Crippen LogP contribution >= 0.6 is 0 Å². The molecule has 1 unspecified atom stereocenters. The largest absolute Gasteiger partial charge is 0.392 e. The molecule has 1 heterocycles. The minimum atomic E-state index is -0.0254. The summed E-state index contributed by atoms with van der Waals surface area (Å²) in [6.45, 7) is 5.65. The van der Waals surface area contributed by atoms with Gasteiger partial charge < -0.3 is 10.0 Å². The van der Waals surface area contributed by atoms with Gasteiger partial charge in [0.25, 0.3) is 0 Å². The first-order valence-electron chi connectivity index (χ1n) is 5.70. The summed E-state index contributed by atoms with van der Waals surface area (Å²) < 4.78 is 0. The van der Waals surface area contributed by atoms with E-state index in [1.54, 1.807) is 0 Å². The van der Waals surface area contributed by atoms with E-state index in [1.165, 1.54) is 38.8 Å². The molecule has 0 aromatic heterocycles. The minimum absolute atomic E-state index is 0.0254. The molecule has 1 saturated carbocycles. The molecule has 0 aromatic rings. The van der Waals surface area contributed by atoms with Gasteiger partial charge in [0, 0.05) is 19.6 Å². The second kappa shape index (κ2) is 3.97. The summed E-state index contributed by atoms with van der Waals surface area (Å²) in [5.41, 5.74) is 0. The van der Waals surface area contributed by atoms with Crippen LogP contribution in [0.15, 0.2) is 0 Å². The first-order chi connectivity index (χ1) is 6.29. The van der Waals surface area contributed by atoms with Crippen molar-refractivity contribution in [2.45, 2.75) is 38.7 Å². The van der Waals surface area contributed by atoms with E-state index in [1.807, 2.05) is 0 Å². The molecule has 2 nitrogen and oxygen atoms in total. The lowest BCUT2D eigenvalue weighted by molar-refractivity contribution is 0.0284. The monoisotopic (exact) mass is 183 g/mol. The number of β-amino-alcohol motifs (C(OH)–C–C–N with tert-alkyl or cyclic N) is 1. The van der Waals surface area contributed by atoms with E-state index >= 15 is 0 Å². The minimum Gasteiger partial charge on any atom is -0.392 e. The van der Waals surface area contributed by atoms with E-state index in [0.29, 0.717) is 5.92 Å². The molecule has 1 N–H and O–H groups in total. The molecule has 2 heteroatoms. The summed E-state index contributed by atoms with van der Waals surface area (Å²) in [4.78, 5) is 2.41. The van der Waals surface area contributed by atoms with Crippen LogP contribution in [-0.2, 0) is 0 Å². The van der Waals surface area contributed by atoms with Crippen molar-refractivity contribution in [2.24, 2.45) is 11.8 Å². The predicted molar refractivity (Wildman–Crippen MR) is 53.6 cm³/mol. The summed E-state index contributed by atoms with van der Waals surface area (Å²) in [5.74, 6) is 1.57. The van der Waals surface area contributed by atoms with Crippen molar-refractivity contribution in [3.8, 4) is 0 Å². The van der Waals surface area contributed by atoms with Gasteiger partial charge in [0.2, 0.25) is 0 Å². The van der Waals surface area contributed by atoms with Gasteiger partial charge in [0.1, 0.15) is 0 Å². The summed E-state index contributed by atoms with van der Waals surface area (Å²) in [6.07, 6.45) is 5.17. The van der Waals surface area contributed by atoms with Crippen LogP contribution in [0.25, 0.3) is 0 Å². The molecule has 1 aliphatic heterocycles. The summed E-state index contributed by atoms with van der Waals surface area (Å²) >= 11 is 0. The lowest BCUT2D eigenvalue weighted by Gasteiger charge is -2.40. The number of hydrogen-bond donors (Lipinski definition) is 1. The Morgan fingerprint density at radius 2 is 2.08 bits per heavy atom. The third kappa shape index (κ3) is 2.44. The lowest BCUT2D eigenvalue weighted by Crippen LogP contribution is -2.49. The zero-order chi connectivity index (χ0) is 9.26. The van der Waals surface area contributed by atoms with E-state index in [2.05, 4.69) is 11.8 Å². The molecule has 2 rings (SSSR count). The number of rotatable bonds is 5. The molecule has 0 aromatic carbocycles. The van der Waals surface area contributed by atoms with Crippen LogP contribution < -0.4 is 0 Å². The molecule has 13 heavy (non-hydrogen) atoms. The Kier molecular flexibility index (Phi) is 2.89. The molecule has 0 amide bonds. The predicted octanol–water partition coefficient (Wildman–Crippen LogP) is 1.49. The zero-order valence-electron chi connectivity index (χ0n) is 8.58. The molecular weight excluding hydrogens is 162 g/mol. The molecule has 2 aliphatic rings. The van der Waals surface area contributed by atoms with E-state index in [-0.39, 0.29) is 6.10 Å². The highest BCUT2D eigenvalue weighted by atomic mass is 16.3. The Hall–Kier alpha value is -0.0800. The van der Waals surface area contributed by atoms with Crippen LogP contribution in [-0.4, -0.2) is 35.7 Å². The molecule has 76 valence electrons. The van der Waals surface area contributed by atoms with Gasteiger partial charge in [0.05, 0.1) is 6.10 Å². The third-order valence-electron chi connectivity index (χ3n) is 3.34. The van der Waals surface area contributed by atoms with Gasteiger partial charge in [-0.25, -0.2) is 0 Å². The fourth-order valence-corrected chi connectivity index (χ4v) is 2.31. The number of aliphatic hydroxyl groups is 1. The van der Waals surface area contributed by atoms with Gasteiger partial charge in [-0.2, -0.15) is 0 Å². The second-order valence-electron chi connectivity index (χ2n) is 4.78. The fourth-order valence-electron chi connectivity index (χ4n) is 2.31. The highest BCUT2D eigenvalue weighted by Gasteiger charge is 2.34. The van der Waals surface area contributed by atoms with Gasteiger partial charge in [-0.15, -0.1) is 0 Å². The van der Waals surface area contributed by atoms with Crippen LogP contribution in [0.3, 0.4) is 0 Å². The number of nitrogens with zero attached hydrogens (tertiary/aromatic N) is 1. The van der Waals surface area contributed by atoms with Crippen LogP contribution in [0.4, 0.5) is 0 Å². The Morgan fingerprint density at radius 3 is 2.62 bits per heavy atom. The van der Waals surface area contributed by atoms with Gasteiger partial charge in [-0.1, -0.05) is 13.3 Å². The Bertz CT molecular complexity index is 161. The average Bonchev–Trinajstić information content (AvgIpc) is 2.82. The van der Waals surface area contributed by atoms with Gasteiger partial charge >= 0.3 is 0 Å². The topological polar surface area (TPSA) is 23.5 Å². The normalized spacial score (nSPS) is 27.2. The van der Waals surface area contributed by atoms with Gasteiger partial charge in [0.15, 0.2) is 0 Å². The maximum absolute atomic E-state index is 9.70. The van der Waals surface area contributed by atoms with E-state index in [9.17, 15) is 5.11 Å². The smallest absolute Gasteiger partial charge is 0.0695 e. The molecule has 0 spiro atoms. The molecule has 2 fully saturated rings. The van der Waals surface area contributed by atoms with Gasteiger partial charge in [-0.05, 0) is 31.1 Å². The average molecular weight is 183 g/mol. The first-order valence-corrected chi connectivity index (χ1v) is 5.70. The quantitative estimate of drug-likeness (QED) is 0.698. The Labute approximate surface area is 80.9 Å². The van der Waals surface area contributed by atoms with Crippen molar-refractivity contribution in [1.29, 1.82) is 0 Å². The van der Waals surface area contributed by atoms with Crippen LogP contribution in [0.1, 0.15) is 32.6 Å². The summed E-state index contributed by atoms with van der Waals surface area (Å²) in [7, 11) is 0. The van der Waals surface area contributed by atoms with Crippen molar-refractivity contribution >= 4 is 0 Å². The first kappa shape index (κ1) is 9.47. The molecule has 1 saturated heterocycles. The Morgan fingerprint density at radius 1 is 1.38 bits per heavy atom. The van der Waals surface area contributed by atoms with Crippen molar-refractivity contribution in [3.63, 3.8) is 0 Å². The van der Waals surface area contributed by atoms with Gasteiger partial charge in [-0.3, -0.25) is 0 Å². The standard InChI is InChI=1S/C11H21NO/c1-2-3-9-6-12(7-9)8-11(13)10-4-5-10/h9-11,13H,2-8H2,1H3. The van der Waals surface area contributed by atoms with E-state index in [0.717, 1.165) is 12.5 Å². The lowest BCUT2D eigenvalue weighted by atomic mass is 9.94. The van der Waals surface area contributed by atoms with Crippen molar-refractivity contribution < 1.29 is 5.11 Å². The SMILES string of the molecule is CCCC1CN(CC(O)C2CC2)C1. The summed E-state index contributed by atoms with van der Waals surface area (Å²) in [5, 5.41) is 9.70. The van der Waals surface area contributed by atoms with Crippen LogP contribution in [0.5, 0.6) is 0 Å². The maximum Gasteiger partial charge on any atom is 0.0695 e. The summed E-state index contributed by atoms with van der Waals surface area (Å²) in [6, 6.07) is 0. The third-order valence-corrected chi connectivity index (χ3v) is 3.34. The number of likely N-dealkylation sites (tertiary alicyclic amines) is 1. The molecule has 1 atom stereocenters. The molecule has 0 radical (unpaired) electrons. The number of aliphatic hydroxyl groups excluding tert-OH is 1. The van der Waals surface area contributed by atoms with Crippen molar-refractivity contribution in [2.75, 3.05) is 19.6 Å². The maximum atomic E-state index is 9.70. The van der Waals surface area contributed by atoms with Crippen LogP contribution in [0, 0.1) is 11.8 Å².